The lowest BCUT2D eigenvalue weighted by molar-refractivity contribution is -0.411. The van der Waals surface area contributed by atoms with Crippen molar-refractivity contribution in [1.82, 2.24) is 0 Å². The Morgan fingerprint density at radius 2 is 1.44 bits per heavy atom. The van der Waals surface area contributed by atoms with Crippen molar-refractivity contribution in [3.8, 4) is 0 Å². The fourth-order valence-electron chi connectivity index (χ4n) is 1.62. The molecule has 2 aromatic carbocycles. The minimum Gasteiger partial charge on any atom is -1.00 e. The van der Waals surface area contributed by atoms with Gasteiger partial charge in [-0.05, 0) is 6.07 Å². The van der Waals surface area contributed by atoms with E-state index in [4.69, 9.17) is 0 Å². The minimum atomic E-state index is 0. The van der Waals surface area contributed by atoms with Gasteiger partial charge in [0.25, 0.3) is 0 Å². The summed E-state index contributed by atoms with van der Waals surface area (Å²) in [4.78, 5) is 0. The standard InChI is InChI=1S/C13H12BrN.ClH/c14-12-9-5-4-8-11(12)13(15)10-6-2-1-3-7-10;/h1-9,13H,15H2;1H. The topological polar surface area (TPSA) is 27.6 Å². The van der Waals surface area contributed by atoms with E-state index in [-0.39, 0.29) is 18.4 Å². The molecule has 0 aliphatic rings. The van der Waals surface area contributed by atoms with Gasteiger partial charge in [-0.15, -0.1) is 0 Å². The van der Waals surface area contributed by atoms with E-state index < -0.39 is 0 Å². The second kappa shape index (κ2) is 6.04. The molecule has 0 heterocycles. The molecule has 0 amide bonds. The molecule has 1 unspecified atom stereocenters. The number of halogens is 2. The van der Waals surface area contributed by atoms with Crippen molar-refractivity contribution in [2.45, 2.75) is 6.04 Å². The second-order valence-corrected chi connectivity index (χ2v) is 4.34. The highest BCUT2D eigenvalue weighted by atomic mass is 79.9. The van der Waals surface area contributed by atoms with Gasteiger partial charge in [-0.1, -0.05) is 64.5 Å². The number of hydrogen-bond acceptors (Lipinski definition) is 0. The van der Waals surface area contributed by atoms with Crippen LogP contribution in [0.4, 0.5) is 0 Å². The number of quaternary nitrogens is 1. The number of rotatable bonds is 2. The molecular formula is C13H13BrClN. The van der Waals surface area contributed by atoms with Crippen LogP contribution in [0.15, 0.2) is 59.1 Å². The Hall–Kier alpha value is -0.830. The molecule has 3 N–H and O–H groups in total. The fourth-order valence-corrected chi connectivity index (χ4v) is 2.18. The summed E-state index contributed by atoms with van der Waals surface area (Å²) >= 11 is 3.55. The molecule has 1 nitrogen and oxygen atoms in total. The lowest BCUT2D eigenvalue weighted by Crippen LogP contribution is -3.00. The van der Waals surface area contributed by atoms with E-state index in [0.717, 1.165) is 4.47 Å². The van der Waals surface area contributed by atoms with Crippen molar-refractivity contribution in [2.24, 2.45) is 0 Å². The highest BCUT2D eigenvalue weighted by Gasteiger charge is 2.14. The van der Waals surface area contributed by atoms with Crippen LogP contribution in [-0.2, 0) is 0 Å². The zero-order valence-electron chi connectivity index (χ0n) is 8.74. The van der Waals surface area contributed by atoms with Crippen molar-refractivity contribution in [1.29, 1.82) is 0 Å². The van der Waals surface area contributed by atoms with Gasteiger partial charge in [0, 0.05) is 15.6 Å². The van der Waals surface area contributed by atoms with Crippen molar-refractivity contribution >= 4 is 15.9 Å². The van der Waals surface area contributed by atoms with E-state index in [9.17, 15) is 0 Å². The molecule has 0 saturated heterocycles. The van der Waals surface area contributed by atoms with Crippen molar-refractivity contribution in [3.05, 3.63) is 70.2 Å². The summed E-state index contributed by atoms with van der Waals surface area (Å²) in [7, 11) is 0. The normalized spacial score (nSPS) is 11.6. The smallest absolute Gasteiger partial charge is 0.137 e. The summed E-state index contributed by atoms with van der Waals surface area (Å²) in [5.74, 6) is 0. The summed E-state index contributed by atoms with van der Waals surface area (Å²) in [6.45, 7) is 0. The van der Waals surface area contributed by atoms with Crippen LogP contribution >= 0.6 is 15.9 Å². The van der Waals surface area contributed by atoms with Gasteiger partial charge in [0.05, 0.1) is 0 Å². The largest absolute Gasteiger partial charge is 1.00 e. The van der Waals surface area contributed by atoms with E-state index >= 15 is 0 Å². The van der Waals surface area contributed by atoms with Crippen LogP contribution in [-0.4, -0.2) is 0 Å². The predicted molar refractivity (Wildman–Crippen MR) is 65.3 cm³/mol. The van der Waals surface area contributed by atoms with E-state index in [1.807, 2.05) is 30.3 Å². The van der Waals surface area contributed by atoms with Crippen LogP contribution in [0, 0.1) is 0 Å². The second-order valence-electron chi connectivity index (χ2n) is 3.48. The van der Waals surface area contributed by atoms with E-state index in [1.165, 1.54) is 11.1 Å². The maximum atomic E-state index is 4.21. The molecule has 2 aromatic rings. The molecule has 84 valence electrons. The van der Waals surface area contributed by atoms with Gasteiger partial charge in [0.2, 0.25) is 0 Å². The third kappa shape index (κ3) is 2.85. The zero-order valence-corrected chi connectivity index (χ0v) is 11.1. The van der Waals surface area contributed by atoms with Gasteiger partial charge in [-0.2, -0.15) is 0 Å². The third-order valence-electron chi connectivity index (χ3n) is 2.48. The quantitative estimate of drug-likeness (QED) is 0.794. The summed E-state index contributed by atoms with van der Waals surface area (Å²) in [6.07, 6.45) is 0. The van der Waals surface area contributed by atoms with Gasteiger partial charge < -0.3 is 18.1 Å². The summed E-state index contributed by atoms with van der Waals surface area (Å²) < 4.78 is 1.12. The van der Waals surface area contributed by atoms with Crippen LogP contribution in [0.1, 0.15) is 17.2 Å². The highest BCUT2D eigenvalue weighted by molar-refractivity contribution is 9.10. The van der Waals surface area contributed by atoms with E-state index in [0.29, 0.717) is 0 Å². The van der Waals surface area contributed by atoms with Crippen molar-refractivity contribution in [2.75, 3.05) is 0 Å². The lowest BCUT2D eigenvalue weighted by atomic mass is 10.00. The maximum absolute atomic E-state index is 4.21. The first-order valence-electron chi connectivity index (χ1n) is 4.91. The fraction of sp³-hybridized carbons (Fsp3) is 0.0769. The Morgan fingerprint density at radius 1 is 0.875 bits per heavy atom. The van der Waals surface area contributed by atoms with E-state index in [1.54, 1.807) is 0 Å². The molecule has 0 aliphatic carbocycles. The van der Waals surface area contributed by atoms with Gasteiger partial charge in [-0.25, -0.2) is 0 Å². The predicted octanol–water partition coefficient (Wildman–Crippen LogP) is -0.216. The Balaban J connectivity index is 0.00000128. The van der Waals surface area contributed by atoms with Crippen molar-refractivity contribution in [3.63, 3.8) is 0 Å². The van der Waals surface area contributed by atoms with Crippen LogP contribution in [0.3, 0.4) is 0 Å². The molecule has 0 bridgehead atoms. The van der Waals surface area contributed by atoms with Gasteiger partial charge >= 0.3 is 0 Å². The molecule has 3 heteroatoms. The molecule has 0 radical (unpaired) electrons. The van der Waals surface area contributed by atoms with Gasteiger partial charge in [0.1, 0.15) is 6.04 Å². The number of benzene rings is 2. The molecule has 2 rings (SSSR count). The van der Waals surface area contributed by atoms with Crippen LogP contribution < -0.4 is 18.1 Å². The van der Waals surface area contributed by atoms with E-state index in [2.05, 4.69) is 45.9 Å². The molecule has 0 fully saturated rings. The maximum Gasteiger partial charge on any atom is 0.137 e. The summed E-state index contributed by atoms with van der Waals surface area (Å²) in [6, 6.07) is 18.7. The average molecular weight is 299 g/mol. The first-order chi connectivity index (χ1) is 7.29. The molecule has 0 spiro atoms. The van der Waals surface area contributed by atoms with Crippen LogP contribution in [0.2, 0.25) is 0 Å². The molecular weight excluding hydrogens is 286 g/mol. The SMILES string of the molecule is [Cl-].[NH3+]C(c1ccccc1)c1ccccc1Br. The summed E-state index contributed by atoms with van der Waals surface area (Å²) in [5.41, 5.74) is 6.68. The highest BCUT2D eigenvalue weighted by Crippen LogP contribution is 2.24. The molecule has 0 saturated carbocycles. The van der Waals surface area contributed by atoms with Crippen LogP contribution in [0.5, 0.6) is 0 Å². The molecule has 16 heavy (non-hydrogen) atoms. The first kappa shape index (κ1) is 13.2. The molecule has 0 aromatic heterocycles. The first-order valence-corrected chi connectivity index (χ1v) is 5.71. The Morgan fingerprint density at radius 3 is 2.06 bits per heavy atom. The Kier molecular flexibility index (Phi) is 5.00. The monoisotopic (exact) mass is 297 g/mol. The third-order valence-corrected chi connectivity index (χ3v) is 3.20. The zero-order chi connectivity index (χ0) is 10.7. The average Bonchev–Trinajstić information content (AvgIpc) is 2.30. The molecule has 0 aliphatic heterocycles. The summed E-state index contributed by atoms with van der Waals surface area (Å²) in [5, 5.41) is 0. The van der Waals surface area contributed by atoms with Gasteiger partial charge in [-0.3, -0.25) is 0 Å². The number of hydrogen-bond donors (Lipinski definition) is 1. The van der Waals surface area contributed by atoms with Gasteiger partial charge in [0.15, 0.2) is 0 Å². The van der Waals surface area contributed by atoms with Crippen molar-refractivity contribution < 1.29 is 18.1 Å². The Bertz CT molecular complexity index is 445. The minimum absolute atomic E-state index is 0. The Labute approximate surface area is 110 Å². The lowest BCUT2D eigenvalue weighted by Gasteiger charge is -2.10. The molecule has 1 atom stereocenters. The van der Waals surface area contributed by atoms with Crippen LogP contribution in [0.25, 0.3) is 0 Å².